The maximum atomic E-state index is 11.9. The van der Waals surface area contributed by atoms with Crippen molar-refractivity contribution >= 4 is 12.0 Å². The van der Waals surface area contributed by atoms with Gasteiger partial charge in [0.25, 0.3) is 0 Å². The Balaban J connectivity index is 2.52. The van der Waals surface area contributed by atoms with Gasteiger partial charge in [0.1, 0.15) is 6.04 Å². The van der Waals surface area contributed by atoms with Crippen molar-refractivity contribution in [3.05, 3.63) is 0 Å². The standard InChI is InChI=1S/C13H24N2O3/c1-5-10(11(16)17)14-12(18)15-7-6-9(8-15)13(2,3)4/h9-10H,5-8H2,1-4H3,(H,14,18)(H,16,17)/t9?,10-/m1/s1. The summed E-state index contributed by atoms with van der Waals surface area (Å²) in [5.74, 6) is -0.495. The molecule has 104 valence electrons. The zero-order chi connectivity index (χ0) is 13.9. The molecule has 5 nitrogen and oxygen atoms in total. The molecule has 1 rings (SSSR count). The highest BCUT2D eigenvalue weighted by atomic mass is 16.4. The van der Waals surface area contributed by atoms with Crippen LogP contribution in [0.25, 0.3) is 0 Å². The fourth-order valence-corrected chi connectivity index (χ4v) is 2.23. The van der Waals surface area contributed by atoms with Gasteiger partial charge in [-0.2, -0.15) is 0 Å². The van der Waals surface area contributed by atoms with Crippen LogP contribution in [0.4, 0.5) is 4.79 Å². The molecule has 0 aliphatic carbocycles. The largest absolute Gasteiger partial charge is 0.480 e. The van der Waals surface area contributed by atoms with Crippen molar-refractivity contribution in [2.24, 2.45) is 11.3 Å². The lowest BCUT2D eigenvalue weighted by molar-refractivity contribution is -0.139. The van der Waals surface area contributed by atoms with Crippen molar-refractivity contribution in [2.45, 2.75) is 46.6 Å². The Kier molecular flexibility index (Phi) is 4.59. The van der Waals surface area contributed by atoms with Gasteiger partial charge in [0, 0.05) is 13.1 Å². The molecule has 0 bridgehead atoms. The van der Waals surface area contributed by atoms with Crippen LogP contribution in [0, 0.1) is 11.3 Å². The second-order valence-electron chi connectivity index (χ2n) is 6.05. The Morgan fingerprint density at radius 2 is 2.06 bits per heavy atom. The van der Waals surface area contributed by atoms with Crippen LogP contribution in [-0.2, 0) is 4.79 Å². The van der Waals surface area contributed by atoms with Gasteiger partial charge in [-0.3, -0.25) is 0 Å². The van der Waals surface area contributed by atoms with Crippen LogP contribution in [0.5, 0.6) is 0 Å². The number of carboxylic acids is 1. The first kappa shape index (κ1) is 14.8. The lowest BCUT2D eigenvalue weighted by Gasteiger charge is -2.27. The first-order chi connectivity index (χ1) is 8.25. The fourth-order valence-electron chi connectivity index (χ4n) is 2.23. The second kappa shape index (κ2) is 5.59. The van der Waals surface area contributed by atoms with Crippen LogP contribution < -0.4 is 5.32 Å². The Labute approximate surface area is 109 Å². The van der Waals surface area contributed by atoms with Gasteiger partial charge in [-0.25, -0.2) is 9.59 Å². The number of rotatable bonds is 3. The molecule has 1 aliphatic heterocycles. The third-order valence-corrected chi connectivity index (χ3v) is 3.70. The maximum absolute atomic E-state index is 11.9. The fraction of sp³-hybridized carbons (Fsp3) is 0.846. The van der Waals surface area contributed by atoms with Gasteiger partial charge < -0.3 is 15.3 Å². The van der Waals surface area contributed by atoms with Crippen LogP contribution >= 0.6 is 0 Å². The van der Waals surface area contributed by atoms with Crippen molar-refractivity contribution < 1.29 is 14.7 Å². The molecule has 5 heteroatoms. The molecular formula is C13H24N2O3. The first-order valence-electron chi connectivity index (χ1n) is 6.54. The summed E-state index contributed by atoms with van der Waals surface area (Å²) < 4.78 is 0. The molecule has 1 fully saturated rings. The maximum Gasteiger partial charge on any atom is 0.326 e. The number of nitrogens with one attached hydrogen (secondary N) is 1. The average molecular weight is 256 g/mol. The molecule has 2 N–H and O–H groups in total. The number of likely N-dealkylation sites (tertiary alicyclic amines) is 1. The lowest BCUT2D eigenvalue weighted by atomic mass is 9.80. The Morgan fingerprint density at radius 3 is 2.44 bits per heavy atom. The highest BCUT2D eigenvalue weighted by Crippen LogP contribution is 2.33. The predicted octanol–water partition coefficient (Wildman–Crippen LogP) is 1.93. The third-order valence-electron chi connectivity index (χ3n) is 3.70. The van der Waals surface area contributed by atoms with E-state index in [9.17, 15) is 9.59 Å². The number of aliphatic carboxylic acids is 1. The van der Waals surface area contributed by atoms with E-state index in [1.165, 1.54) is 0 Å². The summed E-state index contributed by atoms with van der Waals surface area (Å²) in [5, 5.41) is 11.5. The number of hydrogen-bond acceptors (Lipinski definition) is 2. The van der Waals surface area contributed by atoms with Crippen LogP contribution in [0.3, 0.4) is 0 Å². The van der Waals surface area contributed by atoms with E-state index in [4.69, 9.17) is 5.11 Å². The van der Waals surface area contributed by atoms with Crippen molar-refractivity contribution in [3.8, 4) is 0 Å². The van der Waals surface area contributed by atoms with Gasteiger partial charge in [0.05, 0.1) is 0 Å². The molecule has 0 saturated carbocycles. The zero-order valence-corrected chi connectivity index (χ0v) is 11.7. The molecule has 2 atom stereocenters. The Hall–Kier alpha value is -1.26. The van der Waals surface area contributed by atoms with Gasteiger partial charge >= 0.3 is 12.0 Å². The quantitative estimate of drug-likeness (QED) is 0.810. The minimum Gasteiger partial charge on any atom is -0.480 e. The summed E-state index contributed by atoms with van der Waals surface area (Å²) in [7, 11) is 0. The second-order valence-corrected chi connectivity index (χ2v) is 6.05. The van der Waals surface area contributed by atoms with Crippen LogP contribution in [-0.4, -0.2) is 41.1 Å². The lowest BCUT2D eigenvalue weighted by Crippen LogP contribution is -2.47. The van der Waals surface area contributed by atoms with Crippen molar-refractivity contribution in [1.29, 1.82) is 0 Å². The molecule has 0 aromatic rings. The van der Waals surface area contributed by atoms with Crippen LogP contribution in [0.2, 0.25) is 0 Å². The van der Waals surface area contributed by atoms with E-state index in [-0.39, 0.29) is 11.4 Å². The molecule has 18 heavy (non-hydrogen) atoms. The zero-order valence-electron chi connectivity index (χ0n) is 11.7. The molecule has 0 aromatic heterocycles. The molecule has 0 spiro atoms. The summed E-state index contributed by atoms with van der Waals surface area (Å²) in [4.78, 5) is 24.5. The van der Waals surface area contributed by atoms with Crippen LogP contribution in [0.15, 0.2) is 0 Å². The highest BCUT2D eigenvalue weighted by Gasteiger charge is 2.34. The topological polar surface area (TPSA) is 69.6 Å². The van der Waals surface area contributed by atoms with E-state index in [2.05, 4.69) is 26.1 Å². The molecule has 0 radical (unpaired) electrons. The monoisotopic (exact) mass is 256 g/mol. The molecule has 1 unspecified atom stereocenters. The molecule has 1 aliphatic rings. The van der Waals surface area contributed by atoms with Gasteiger partial charge in [-0.1, -0.05) is 27.7 Å². The minimum atomic E-state index is -0.975. The summed E-state index contributed by atoms with van der Waals surface area (Å²) in [6, 6.07) is -1.04. The van der Waals surface area contributed by atoms with E-state index in [0.29, 0.717) is 25.4 Å². The highest BCUT2D eigenvalue weighted by molar-refractivity contribution is 5.82. The number of hydrogen-bond donors (Lipinski definition) is 2. The summed E-state index contributed by atoms with van der Waals surface area (Å²) >= 11 is 0. The van der Waals surface area contributed by atoms with Gasteiger partial charge in [-0.05, 0) is 24.2 Å². The van der Waals surface area contributed by atoms with Gasteiger partial charge in [0.15, 0.2) is 0 Å². The Bertz CT molecular complexity index is 323. The first-order valence-corrected chi connectivity index (χ1v) is 6.54. The number of carbonyl (C=O) groups excluding carboxylic acids is 1. The van der Waals surface area contributed by atoms with Crippen LogP contribution in [0.1, 0.15) is 40.5 Å². The van der Waals surface area contributed by atoms with Crippen molar-refractivity contribution in [1.82, 2.24) is 10.2 Å². The number of carbonyl (C=O) groups is 2. The predicted molar refractivity (Wildman–Crippen MR) is 69.4 cm³/mol. The molecule has 2 amide bonds. The van der Waals surface area contributed by atoms with E-state index in [1.54, 1.807) is 11.8 Å². The summed E-state index contributed by atoms with van der Waals surface area (Å²) in [6.45, 7) is 9.69. The number of carboxylic acid groups (broad SMARTS) is 1. The molecular weight excluding hydrogens is 232 g/mol. The minimum absolute atomic E-state index is 0.186. The SMILES string of the molecule is CC[C@@H](NC(=O)N1CCC(C(C)(C)C)C1)C(=O)O. The van der Waals surface area contributed by atoms with Gasteiger partial charge in [-0.15, -0.1) is 0 Å². The van der Waals surface area contributed by atoms with Crippen molar-refractivity contribution in [3.63, 3.8) is 0 Å². The van der Waals surface area contributed by atoms with E-state index in [1.807, 2.05) is 0 Å². The van der Waals surface area contributed by atoms with E-state index >= 15 is 0 Å². The Morgan fingerprint density at radius 1 is 1.44 bits per heavy atom. The average Bonchev–Trinajstić information content (AvgIpc) is 2.73. The van der Waals surface area contributed by atoms with Gasteiger partial charge in [0.2, 0.25) is 0 Å². The number of nitrogens with zero attached hydrogens (tertiary/aromatic N) is 1. The molecule has 0 aromatic carbocycles. The van der Waals surface area contributed by atoms with E-state index < -0.39 is 12.0 Å². The summed E-state index contributed by atoms with van der Waals surface area (Å²) in [6.07, 6.45) is 1.39. The molecule has 1 heterocycles. The molecule has 1 saturated heterocycles. The number of amides is 2. The smallest absolute Gasteiger partial charge is 0.326 e. The van der Waals surface area contributed by atoms with E-state index in [0.717, 1.165) is 6.42 Å². The number of urea groups is 1. The van der Waals surface area contributed by atoms with Crippen molar-refractivity contribution in [2.75, 3.05) is 13.1 Å². The summed E-state index contributed by atoms with van der Waals surface area (Å²) in [5.41, 5.74) is 0.186. The third kappa shape index (κ3) is 3.62. The normalized spacial score (nSPS) is 21.8.